The van der Waals surface area contributed by atoms with Gasteiger partial charge in [0.15, 0.2) is 0 Å². The van der Waals surface area contributed by atoms with Gasteiger partial charge in [-0.3, -0.25) is 4.79 Å². The number of aromatic nitrogens is 2. The van der Waals surface area contributed by atoms with E-state index in [1.165, 1.54) is 6.92 Å². The highest BCUT2D eigenvalue weighted by atomic mass is 16.4. The first-order valence-corrected chi connectivity index (χ1v) is 9.78. The minimum Gasteiger partial charge on any atom is -0.480 e. The second kappa shape index (κ2) is 7.68. The van der Waals surface area contributed by atoms with E-state index >= 15 is 0 Å². The normalized spacial score (nSPS) is 14.5. The third-order valence-corrected chi connectivity index (χ3v) is 5.54. The molecule has 0 aliphatic rings. The molecule has 154 valence electrons. The number of aromatic amines is 2. The number of carboxylic acids is 1. The number of carbonyl (C=O) groups excluding carboxylic acids is 1. The van der Waals surface area contributed by atoms with Gasteiger partial charge in [0.2, 0.25) is 5.91 Å². The third-order valence-electron chi connectivity index (χ3n) is 5.54. The summed E-state index contributed by atoms with van der Waals surface area (Å²) < 4.78 is 0. The minimum atomic E-state index is -1.49. The Morgan fingerprint density at radius 3 is 2.13 bits per heavy atom. The molecule has 30 heavy (non-hydrogen) atoms. The third kappa shape index (κ3) is 3.67. The Hall–Kier alpha value is -3.58. The van der Waals surface area contributed by atoms with E-state index in [0.717, 1.165) is 32.9 Å². The van der Waals surface area contributed by atoms with Gasteiger partial charge >= 0.3 is 5.97 Å². The number of hydrogen-bond donors (Lipinski definition) is 5. The number of carbonyl (C=O) groups is 2. The number of amides is 1. The van der Waals surface area contributed by atoms with E-state index in [1.54, 1.807) is 6.20 Å². The van der Waals surface area contributed by atoms with Crippen molar-refractivity contribution in [2.24, 2.45) is 5.73 Å². The van der Waals surface area contributed by atoms with Crippen LogP contribution in [0.5, 0.6) is 0 Å². The predicted octanol–water partition coefficient (Wildman–Crippen LogP) is 2.72. The second-order valence-electron chi connectivity index (χ2n) is 7.83. The number of rotatable bonds is 7. The molecular formula is C23H24N4O3. The van der Waals surface area contributed by atoms with E-state index in [4.69, 9.17) is 5.73 Å². The smallest absolute Gasteiger partial charge is 0.329 e. The molecule has 0 aliphatic heterocycles. The largest absolute Gasteiger partial charge is 0.480 e. The number of nitrogens with one attached hydrogen (secondary N) is 3. The summed E-state index contributed by atoms with van der Waals surface area (Å²) in [7, 11) is 0. The summed E-state index contributed by atoms with van der Waals surface area (Å²) in [5.41, 5.74) is 8.28. The quantitative estimate of drug-likeness (QED) is 0.325. The standard InChI is InChI=1S/C23H24N4O3/c1-23(22(29)30,11-15-13-26-20-9-5-3-7-17(15)20)27-21(28)18(24)10-14-12-25-19-8-4-2-6-16(14)19/h2-9,12-13,18,25-26H,10-11,24H2,1H3,(H,27,28)(H,29,30)/t18-,23-/m0/s1. The Kier molecular flexibility index (Phi) is 5.05. The van der Waals surface area contributed by atoms with E-state index in [-0.39, 0.29) is 6.42 Å². The molecule has 0 saturated carbocycles. The van der Waals surface area contributed by atoms with Gasteiger partial charge in [0.05, 0.1) is 6.04 Å². The fourth-order valence-electron chi connectivity index (χ4n) is 3.83. The molecule has 2 atom stereocenters. The van der Waals surface area contributed by atoms with Crippen molar-refractivity contribution in [2.45, 2.75) is 31.3 Å². The summed E-state index contributed by atoms with van der Waals surface area (Å²) in [4.78, 5) is 31.2. The van der Waals surface area contributed by atoms with Crippen LogP contribution in [0.15, 0.2) is 60.9 Å². The van der Waals surface area contributed by atoms with E-state index in [1.807, 2.05) is 54.7 Å². The van der Waals surface area contributed by atoms with Crippen LogP contribution in [0.1, 0.15) is 18.1 Å². The SMILES string of the molecule is C[C@@](Cc1c[nH]c2ccccc12)(NC(=O)[C@@H](N)Cc1c[nH]c2ccccc12)C(=O)O. The number of aliphatic carboxylic acids is 1. The van der Waals surface area contributed by atoms with Crippen LogP contribution in [0.25, 0.3) is 21.8 Å². The molecule has 0 saturated heterocycles. The number of fused-ring (bicyclic) bond motifs is 2. The van der Waals surface area contributed by atoms with Crippen LogP contribution in [-0.2, 0) is 22.4 Å². The lowest BCUT2D eigenvalue weighted by atomic mass is 9.91. The molecule has 4 rings (SSSR count). The number of nitrogens with two attached hydrogens (primary N) is 1. The van der Waals surface area contributed by atoms with Crippen molar-refractivity contribution in [1.82, 2.24) is 15.3 Å². The van der Waals surface area contributed by atoms with E-state index in [2.05, 4.69) is 15.3 Å². The molecule has 7 nitrogen and oxygen atoms in total. The first kappa shape index (κ1) is 19.7. The molecule has 0 fully saturated rings. The van der Waals surface area contributed by atoms with E-state index in [0.29, 0.717) is 6.42 Å². The Morgan fingerprint density at radius 1 is 1.00 bits per heavy atom. The van der Waals surface area contributed by atoms with E-state index in [9.17, 15) is 14.7 Å². The molecule has 1 amide bonds. The highest BCUT2D eigenvalue weighted by molar-refractivity contribution is 5.91. The topological polar surface area (TPSA) is 124 Å². The van der Waals surface area contributed by atoms with Crippen LogP contribution in [0.4, 0.5) is 0 Å². The molecule has 0 bridgehead atoms. The summed E-state index contributed by atoms with van der Waals surface area (Å²) >= 11 is 0. The Morgan fingerprint density at radius 2 is 1.53 bits per heavy atom. The minimum absolute atomic E-state index is 0.137. The van der Waals surface area contributed by atoms with Crippen LogP contribution in [0, 0.1) is 0 Å². The molecule has 4 aromatic rings. The molecule has 2 aromatic carbocycles. The average molecular weight is 404 g/mol. The fraction of sp³-hybridized carbons (Fsp3) is 0.217. The summed E-state index contributed by atoms with van der Waals surface area (Å²) in [6, 6.07) is 14.5. The van der Waals surface area contributed by atoms with Gasteiger partial charge in [-0.1, -0.05) is 36.4 Å². The monoisotopic (exact) mass is 404 g/mol. The predicted molar refractivity (Wildman–Crippen MR) is 116 cm³/mol. The van der Waals surface area contributed by atoms with Gasteiger partial charge in [0.1, 0.15) is 5.54 Å². The molecule has 2 aromatic heterocycles. The van der Waals surface area contributed by atoms with Crippen LogP contribution >= 0.6 is 0 Å². The van der Waals surface area contributed by atoms with Gasteiger partial charge in [-0.05, 0) is 36.6 Å². The summed E-state index contributed by atoms with van der Waals surface area (Å²) in [6.07, 6.45) is 4.06. The number of para-hydroxylation sites is 2. The molecule has 0 spiro atoms. The maximum atomic E-state index is 12.8. The summed E-state index contributed by atoms with van der Waals surface area (Å²) in [6.45, 7) is 1.51. The van der Waals surface area contributed by atoms with Crippen LogP contribution in [-0.4, -0.2) is 38.5 Å². The maximum Gasteiger partial charge on any atom is 0.329 e. The first-order valence-electron chi connectivity index (χ1n) is 9.78. The van der Waals surface area contributed by atoms with Crippen molar-refractivity contribution in [2.75, 3.05) is 0 Å². The van der Waals surface area contributed by atoms with Gasteiger partial charge in [-0.15, -0.1) is 0 Å². The van der Waals surface area contributed by atoms with Crippen LogP contribution < -0.4 is 11.1 Å². The fourth-order valence-corrected chi connectivity index (χ4v) is 3.83. The number of hydrogen-bond acceptors (Lipinski definition) is 3. The van der Waals surface area contributed by atoms with E-state index < -0.39 is 23.5 Å². The lowest BCUT2D eigenvalue weighted by Crippen LogP contribution is -2.58. The van der Waals surface area contributed by atoms with Crippen molar-refractivity contribution in [1.29, 1.82) is 0 Å². The molecule has 0 radical (unpaired) electrons. The Balaban J connectivity index is 1.51. The highest BCUT2D eigenvalue weighted by Crippen LogP contribution is 2.23. The van der Waals surface area contributed by atoms with Crippen LogP contribution in [0.2, 0.25) is 0 Å². The second-order valence-corrected chi connectivity index (χ2v) is 7.83. The van der Waals surface area contributed by atoms with Gasteiger partial charge in [0, 0.05) is 40.6 Å². The molecule has 6 N–H and O–H groups in total. The number of carboxylic acid groups (broad SMARTS) is 1. The molecular weight excluding hydrogens is 380 g/mol. The number of H-pyrrole nitrogens is 2. The lowest BCUT2D eigenvalue weighted by Gasteiger charge is -2.27. The zero-order chi connectivity index (χ0) is 21.3. The Bertz CT molecular complexity index is 1230. The summed E-state index contributed by atoms with van der Waals surface area (Å²) in [5, 5.41) is 14.5. The average Bonchev–Trinajstić information content (AvgIpc) is 3.32. The number of benzene rings is 2. The molecule has 0 unspecified atom stereocenters. The van der Waals surface area contributed by atoms with Crippen molar-refractivity contribution >= 4 is 33.7 Å². The van der Waals surface area contributed by atoms with Gasteiger partial charge in [-0.2, -0.15) is 0 Å². The molecule has 0 aliphatic carbocycles. The van der Waals surface area contributed by atoms with Crippen LogP contribution in [0.3, 0.4) is 0 Å². The lowest BCUT2D eigenvalue weighted by molar-refractivity contribution is -0.147. The zero-order valence-corrected chi connectivity index (χ0v) is 16.6. The highest BCUT2D eigenvalue weighted by Gasteiger charge is 2.37. The van der Waals surface area contributed by atoms with Gasteiger partial charge in [0.25, 0.3) is 0 Å². The van der Waals surface area contributed by atoms with Gasteiger partial charge < -0.3 is 26.1 Å². The van der Waals surface area contributed by atoms with Crippen molar-refractivity contribution in [3.8, 4) is 0 Å². The van der Waals surface area contributed by atoms with Crippen molar-refractivity contribution in [3.63, 3.8) is 0 Å². The first-order chi connectivity index (χ1) is 14.4. The van der Waals surface area contributed by atoms with Gasteiger partial charge in [-0.25, -0.2) is 4.79 Å². The molecule has 2 heterocycles. The van der Waals surface area contributed by atoms with Crippen molar-refractivity contribution < 1.29 is 14.7 Å². The maximum absolute atomic E-state index is 12.8. The molecule has 7 heteroatoms. The van der Waals surface area contributed by atoms with Crippen molar-refractivity contribution in [3.05, 3.63) is 72.1 Å². The summed E-state index contributed by atoms with van der Waals surface area (Å²) in [5.74, 6) is -1.61. The Labute approximate surface area is 173 Å². The zero-order valence-electron chi connectivity index (χ0n) is 16.6.